The molecule has 3 aliphatic rings. The summed E-state index contributed by atoms with van der Waals surface area (Å²) < 4.78 is 43.7. The third-order valence-corrected chi connectivity index (χ3v) is 13.6. The van der Waals surface area contributed by atoms with Crippen LogP contribution in [0.3, 0.4) is 0 Å². The van der Waals surface area contributed by atoms with E-state index in [0.29, 0.717) is 63.6 Å². The highest BCUT2D eigenvalue weighted by molar-refractivity contribution is 5.87. The predicted molar refractivity (Wildman–Crippen MR) is 283 cm³/mol. The van der Waals surface area contributed by atoms with E-state index < -0.39 is 12.2 Å². The van der Waals surface area contributed by atoms with Gasteiger partial charge in [0.1, 0.15) is 0 Å². The van der Waals surface area contributed by atoms with Crippen molar-refractivity contribution in [3.05, 3.63) is 96.1 Å². The van der Waals surface area contributed by atoms with Crippen molar-refractivity contribution >= 4 is 23.9 Å². The van der Waals surface area contributed by atoms with Crippen molar-refractivity contribution in [3.63, 3.8) is 0 Å². The van der Waals surface area contributed by atoms with E-state index in [-0.39, 0.29) is 23.9 Å². The largest absolute Gasteiger partial charge is 0.462 e. The Kier molecular flexibility index (Phi) is 33.7. The lowest BCUT2D eigenvalue weighted by Crippen LogP contribution is -2.17. The number of carbonyl (C=O) groups excluding carboxylic acids is 4. The van der Waals surface area contributed by atoms with Crippen molar-refractivity contribution in [1.82, 2.24) is 0 Å². The molecular weight excluding hydrogens is 913 g/mol. The van der Waals surface area contributed by atoms with E-state index in [2.05, 4.69) is 13.2 Å². The Labute approximate surface area is 433 Å². The van der Waals surface area contributed by atoms with Gasteiger partial charge in [0.2, 0.25) is 0 Å². The Hall–Kier alpha value is -4.36. The lowest BCUT2D eigenvalue weighted by molar-refractivity contribution is -0.153. The maximum atomic E-state index is 12.3. The van der Waals surface area contributed by atoms with Crippen LogP contribution in [0.5, 0.6) is 0 Å². The van der Waals surface area contributed by atoms with E-state index in [1.54, 1.807) is 52.4 Å². The lowest BCUT2D eigenvalue weighted by atomic mass is 9.82. The Morgan fingerprint density at radius 2 is 0.847 bits per heavy atom. The molecular formula is C60H92O12. The summed E-state index contributed by atoms with van der Waals surface area (Å²) in [4.78, 5) is 47.2. The molecule has 0 aromatic heterocycles. The molecule has 0 amide bonds. The molecule has 3 saturated carbocycles. The molecule has 6 unspecified atom stereocenters. The van der Waals surface area contributed by atoms with Gasteiger partial charge in [-0.25, -0.2) is 9.59 Å². The summed E-state index contributed by atoms with van der Waals surface area (Å²) in [6, 6.07) is 19.4. The Bertz CT molecular complexity index is 1660. The number of unbranched alkanes of at least 4 members (excludes halogenated alkanes) is 8. The molecule has 5 rings (SSSR count). The molecule has 12 nitrogen and oxygen atoms in total. The summed E-state index contributed by atoms with van der Waals surface area (Å²) in [7, 11) is 0. The maximum Gasteiger partial charge on any atom is 0.333 e. The molecule has 0 aliphatic heterocycles. The summed E-state index contributed by atoms with van der Waals surface area (Å²) in [6.45, 7) is 20.0. The predicted octanol–water partition coefficient (Wildman–Crippen LogP) is 13.2. The quantitative estimate of drug-likeness (QED) is 0.0277. The van der Waals surface area contributed by atoms with Gasteiger partial charge in [0, 0.05) is 63.6 Å². The number of carbonyl (C=O) groups is 4. The molecule has 2 aromatic carbocycles. The molecule has 0 spiro atoms. The third kappa shape index (κ3) is 27.1. The van der Waals surface area contributed by atoms with Crippen LogP contribution < -0.4 is 0 Å². The number of hydrogen-bond donors (Lipinski definition) is 0. The molecule has 404 valence electrons. The molecule has 0 saturated heterocycles. The van der Waals surface area contributed by atoms with Crippen molar-refractivity contribution in [2.45, 2.75) is 168 Å². The van der Waals surface area contributed by atoms with Crippen molar-refractivity contribution in [1.29, 1.82) is 0 Å². The Morgan fingerprint density at radius 3 is 1.22 bits per heavy atom. The van der Waals surface area contributed by atoms with Gasteiger partial charge in [-0.3, -0.25) is 9.59 Å². The van der Waals surface area contributed by atoms with Crippen LogP contribution in [0.25, 0.3) is 0 Å². The summed E-state index contributed by atoms with van der Waals surface area (Å²) in [6.07, 6.45) is 19.8. The minimum atomic E-state index is -0.401. The fraction of sp³-hybridized carbons (Fsp3) is 0.667. The summed E-state index contributed by atoms with van der Waals surface area (Å²) >= 11 is 0. The Morgan fingerprint density at radius 1 is 0.486 bits per heavy atom. The summed E-state index contributed by atoms with van der Waals surface area (Å²) in [5.74, 6) is 3.65. The van der Waals surface area contributed by atoms with Crippen LogP contribution in [0.15, 0.2) is 85.0 Å². The van der Waals surface area contributed by atoms with Crippen LogP contribution in [0.2, 0.25) is 0 Å². The van der Waals surface area contributed by atoms with Crippen molar-refractivity contribution in [3.8, 4) is 0 Å². The average Bonchev–Trinajstić information content (AvgIpc) is 4.16. The zero-order chi connectivity index (χ0) is 52.0. The second-order valence-electron chi connectivity index (χ2n) is 19.5. The number of fused-ring (bicyclic) bond motifs is 5. The van der Waals surface area contributed by atoms with Gasteiger partial charge in [-0.15, -0.1) is 0 Å². The fourth-order valence-electron chi connectivity index (χ4n) is 9.70. The molecule has 3 aliphatic carbocycles. The molecule has 72 heavy (non-hydrogen) atoms. The topological polar surface area (TPSA) is 142 Å². The van der Waals surface area contributed by atoms with Gasteiger partial charge in [-0.2, -0.15) is 0 Å². The van der Waals surface area contributed by atoms with Crippen molar-refractivity contribution in [2.24, 2.45) is 23.7 Å². The second-order valence-corrected chi connectivity index (χ2v) is 19.5. The van der Waals surface area contributed by atoms with Gasteiger partial charge >= 0.3 is 23.9 Å². The fourth-order valence-corrected chi connectivity index (χ4v) is 9.70. The minimum absolute atomic E-state index is 0.220. The van der Waals surface area contributed by atoms with E-state index in [0.717, 1.165) is 115 Å². The number of rotatable bonds is 36. The highest BCUT2D eigenvalue weighted by Crippen LogP contribution is 2.58. The first kappa shape index (κ1) is 61.9. The first-order valence-electron chi connectivity index (χ1n) is 27.5. The number of esters is 4. The molecule has 2 aromatic rings. The number of hydrogen-bond acceptors (Lipinski definition) is 12. The standard InChI is InChI=1S/2C25H38O6.C10H16/c2*1-4-28-17-12-13-18-29-20-23(22-14-8-7-9-15-22)31-24(26)16-10-5-6-11-19-30-25(27)21(2)3;1-2-9-7-4-5-8(6-7)10(9)3-1/h2*7-9,14-15,23H,2,4-6,10-13,16-20H2,1,3H3;7-10H,1-6H2. The lowest BCUT2D eigenvalue weighted by Gasteiger charge is -2.23. The van der Waals surface area contributed by atoms with E-state index in [1.807, 2.05) is 74.5 Å². The monoisotopic (exact) mass is 1000 g/mol. The van der Waals surface area contributed by atoms with Crippen LogP contribution in [-0.2, 0) is 57.1 Å². The summed E-state index contributed by atoms with van der Waals surface area (Å²) in [5.41, 5.74) is 2.68. The van der Waals surface area contributed by atoms with Crippen LogP contribution in [0.1, 0.15) is 179 Å². The van der Waals surface area contributed by atoms with Gasteiger partial charge < -0.3 is 37.9 Å². The van der Waals surface area contributed by atoms with E-state index in [1.165, 1.54) is 23.7 Å². The van der Waals surface area contributed by atoms with Gasteiger partial charge in [-0.1, -0.05) is 106 Å². The molecule has 12 heteroatoms. The molecule has 2 bridgehead atoms. The third-order valence-electron chi connectivity index (χ3n) is 13.6. The van der Waals surface area contributed by atoms with Gasteiger partial charge in [-0.05, 0) is 146 Å². The smallest absolute Gasteiger partial charge is 0.333 e. The normalized spacial score (nSPS) is 18.1. The molecule has 0 radical (unpaired) electrons. The molecule has 6 atom stereocenters. The first-order valence-corrected chi connectivity index (χ1v) is 27.5. The van der Waals surface area contributed by atoms with E-state index >= 15 is 0 Å². The SMILES string of the molecule is C1CC2C3CCC(C3)C2C1.C=C(C)C(=O)OCCCCCCC(=O)OC(COCCCCOCC)c1ccccc1.C=C(C)C(=O)OCCCCCCC(=O)OC(COCCCCOCC)c1ccccc1. The van der Waals surface area contributed by atoms with Crippen molar-refractivity contribution in [2.75, 3.05) is 66.1 Å². The van der Waals surface area contributed by atoms with Gasteiger partial charge in [0.25, 0.3) is 0 Å². The second kappa shape index (κ2) is 39.1. The molecule has 0 N–H and O–H groups in total. The van der Waals surface area contributed by atoms with E-state index in [4.69, 9.17) is 37.9 Å². The van der Waals surface area contributed by atoms with Crippen molar-refractivity contribution < 1.29 is 57.1 Å². The average molecular weight is 1010 g/mol. The zero-order valence-corrected chi connectivity index (χ0v) is 44.8. The number of ether oxygens (including phenoxy) is 8. The first-order chi connectivity index (χ1) is 35.0. The molecule has 0 heterocycles. The minimum Gasteiger partial charge on any atom is -0.462 e. The summed E-state index contributed by atoms with van der Waals surface area (Å²) in [5, 5.41) is 0. The van der Waals surface area contributed by atoms with E-state index in [9.17, 15) is 19.2 Å². The van der Waals surface area contributed by atoms with Crippen LogP contribution in [0.4, 0.5) is 0 Å². The Balaban J connectivity index is 0.000000316. The highest BCUT2D eigenvalue weighted by Gasteiger charge is 2.48. The van der Waals surface area contributed by atoms with Crippen LogP contribution in [0, 0.1) is 23.7 Å². The van der Waals surface area contributed by atoms with Crippen LogP contribution >= 0.6 is 0 Å². The molecule has 3 fully saturated rings. The number of benzene rings is 2. The van der Waals surface area contributed by atoms with Gasteiger partial charge in [0.05, 0.1) is 26.4 Å². The highest BCUT2D eigenvalue weighted by atomic mass is 16.6. The zero-order valence-electron chi connectivity index (χ0n) is 44.8. The van der Waals surface area contributed by atoms with Gasteiger partial charge in [0.15, 0.2) is 12.2 Å². The van der Waals surface area contributed by atoms with Crippen LogP contribution in [-0.4, -0.2) is 89.9 Å². The maximum absolute atomic E-state index is 12.3.